The zero-order valence-electron chi connectivity index (χ0n) is 16.8. The van der Waals surface area contributed by atoms with Crippen LogP contribution in [0, 0.1) is 11.8 Å². The van der Waals surface area contributed by atoms with Crippen molar-refractivity contribution in [3.05, 3.63) is 35.4 Å². The van der Waals surface area contributed by atoms with Gasteiger partial charge in [0.1, 0.15) is 6.17 Å². The van der Waals surface area contributed by atoms with Crippen LogP contribution in [0.25, 0.3) is 0 Å². The molecule has 2 aliphatic heterocycles. The minimum Gasteiger partial charge on any atom is -0.395 e. The van der Waals surface area contributed by atoms with Gasteiger partial charge < -0.3 is 10.4 Å². The Labute approximate surface area is 163 Å². The van der Waals surface area contributed by atoms with Crippen molar-refractivity contribution < 1.29 is 9.50 Å². The number of benzene rings is 1. The SMILES string of the molecule is CC1C(F)CCC(c2ccc([C@@H]3[C@@H](CO)N4CCCCNC[C@@H]34)cc2)C1C. The molecule has 7 atom stereocenters. The Kier molecular flexibility index (Phi) is 5.86. The number of aliphatic hydroxyl groups excluding tert-OH is 1. The van der Waals surface area contributed by atoms with E-state index in [2.05, 4.69) is 48.3 Å². The van der Waals surface area contributed by atoms with Gasteiger partial charge in [0.2, 0.25) is 0 Å². The maximum atomic E-state index is 14.0. The van der Waals surface area contributed by atoms with Crippen LogP contribution in [0.15, 0.2) is 24.3 Å². The van der Waals surface area contributed by atoms with Crippen molar-refractivity contribution in [2.24, 2.45) is 11.8 Å². The van der Waals surface area contributed by atoms with E-state index >= 15 is 0 Å². The van der Waals surface area contributed by atoms with Crippen molar-refractivity contribution in [3.8, 4) is 0 Å². The lowest BCUT2D eigenvalue weighted by molar-refractivity contribution is -0.0464. The average molecular weight is 375 g/mol. The Morgan fingerprint density at radius 1 is 1.07 bits per heavy atom. The molecule has 0 radical (unpaired) electrons. The van der Waals surface area contributed by atoms with Gasteiger partial charge in [0.15, 0.2) is 0 Å². The van der Waals surface area contributed by atoms with E-state index in [9.17, 15) is 9.50 Å². The zero-order chi connectivity index (χ0) is 19.0. The molecule has 3 nitrogen and oxygen atoms in total. The molecular formula is C23H35FN2O. The molecule has 3 aliphatic rings. The second kappa shape index (κ2) is 8.18. The van der Waals surface area contributed by atoms with E-state index in [0.29, 0.717) is 30.2 Å². The van der Waals surface area contributed by atoms with E-state index in [0.717, 1.165) is 26.1 Å². The fraction of sp³-hybridized carbons (Fsp3) is 0.739. The molecule has 150 valence electrons. The van der Waals surface area contributed by atoms with Crippen LogP contribution in [-0.2, 0) is 0 Å². The predicted octanol–water partition coefficient (Wildman–Crippen LogP) is 3.69. The highest BCUT2D eigenvalue weighted by molar-refractivity contribution is 5.33. The quantitative estimate of drug-likeness (QED) is 0.847. The van der Waals surface area contributed by atoms with Crippen molar-refractivity contribution in [2.45, 2.75) is 69.6 Å². The lowest BCUT2D eigenvalue weighted by atomic mass is 9.69. The highest BCUT2D eigenvalue weighted by Gasteiger charge is 2.48. The van der Waals surface area contributed by atoms with Gasteiger partial charge in [-0.05, 0) is 67.7 Å². The Hall–Kier alpha value is -0.970. The number of hydrogen-bond donors (Lipinski definition) is 2. The third kappa shape index (κ3) is 3.56. The molecular weight excluding hydrogens is 339 g/mol. The van der Waals surface area contributed by atoms with Crippen molar-refractivity contribution in [2.75, 3.05) is 26.2 Å². The minimum absolute atomic E-state index is 0.142. The van der Waals surface area contributed by atoms with E-state index in [4.69, 9.17) is 0 Å². The zero-order valence-corrected chi connectivity index (χ0v) is 16.8. The number of halogens is 1. The number of alkyl halides is 1. The smallest absolute Gasteiger partial charge is 0.103 e. The third-order valence-electron chi connectivity index (χ3n) is 7.78. The summed E-state index contributed by atoms with van der Waals surface area (Å²) in [6.07, 6.45) is 3.43. The predicted molar refractivity (Wildman–Crippen MR) is 108 cm³/mol. The summed E-state index contributed by atoms with van der Waals surface area (Å²) in [5.74, 6) is 1.41. The number of nitrogens with zero attached hydrogens (tertiary/aromatic N) is 1. The highest BCUT2D eigenvalue weighted by Crippen LogP contribution is 2.44. The topological polar surface area (TPSA) is 35.5 Å². The first-order chi connectivity index (χ1) is 13.1. The number of nitrogens with one attached hydrogen (secondary N) is 1. The molecule has 3 fully saturated rings. The van der Waals surface area contributed by atoms with Crippen LogP contribution in [0.4, 0.5) is 4.39 Å². The summed E-state index contributed by atoms with van der Waals surface area (Å²) in [4.78, 5) is 2.50. The van der Waals surface area contributed by atoms with E-state index in [1.165, 1.54) is 24.0 Å². The Morgan fingerprint density at radius 3 is 2.56 bits per heavy atom. The molecule has 4 rings (SSSR count). The number of aliphatic hydroxyl groups is 1. The molecule has 1 aromatic rings. The van der Waals surface area contributed by atoms with E-state index in [1.807, 2.05) is 0 Å². The second-order valence-electron chi connectivity index (χ2n) is 9.08. The van der Waals surface area contributed by atoms with Crippen LogP contribution in [-0.4, -0.2) is 54.5 Å². The van der Waals surface area contributed by atoms with Gasteiger partial charge >= 0.3 is 0 Å². The van der Waals surface area contributed by atoms with Crippen LogP contribution in [0.3, 0.4) is 0 Å². The van der Waals surface area contributed by atoms with Crippen molar-refractivity contribution in [1.82, 2.24) is 10.2 Å². The van der Waals surface area contributed by atoms with Crippen LogP contribution in [0.5, 0.6) is 0 Å². The van der Waals surface area contributed by atoms with Gasteiger partial charge in [-0.3, -0.25) is 4.90 Å². The molecule has 4 unspecified atom stereocenters. The number of fused-ring (bicyclic) bond motifs is 1. The Bertz CT molecular complexity index is 621. The fourth-order valence-electron chi connectivity index (χ4n) is 5.84. The summed E-state index contributed by atoms with van der Waals surface area (Å²) >= 11 is 0. The van der Waals surface area contributed by atoms with Gasteiger partial charge in [-0.1, -0.05) is 38.1 Å². The maximum absolute atomic E-state index is 14.0. The molecule has 1 saturated carbocycles. The van der Waals surface area contributed by atoms with Gasteiger partial charge in [-0.25, -0.2) is 4.39 Å². The maximum Gasteiger partial charge on any atom is 0.103 e. The normalized spacial score (nSPS) is 40.5. The molecule has 1 aromatic carbocycles. The molecule has 2 heterocycles. The summed E-state index contributed by atoms with van der Waals surface area (Å²) < 4.78 is 14.0. The molecule has 1 aliphatic carbocycles. The molecule has 0 amide bonds. The van der Waals surface area contributed by atoms with Crippen molar-refractivity contribution >= 4 is 0 Å². The summed E-state index contributed by atoms with van der Waals surface area (Å²) in [6, 6.07) is 9.84. The van der Waals surface area contributed by atoms with Gasteiger partial charge in [0, 0.05) is 24.5 Å². The lowest BCUT2D eigenvalue weighted by Gasteiger charge is -2.56. The van der Waals surface area contributed by atoms with Crippen LogP contribution >= 0.6 is 0 Å². The van der Waals surface area contributed by atoms with Crippen molar-refractivity contribution in [1.29, 1.82) is 0 Å². The van der Waals surface area contributed by atoms with Gasteiger partial charge in [0.05, 0.1) is 6.61 Å². The Morgan fingerprint density at radius 2 is 1.81 bits per heavy atom. The third-order valence-corrected chi connectivity index (χ3v) is 7.78. The average Bonchev–Trinajstić information content (AvgIpc) is 2.66. The van der Waals surface area contributed by atoms with E-state index in [1.54, 1.807) is 0 Å². The molecule has 4 heteroatoms. The molecule has 27 heavy (non-hydrogen) atoms. The number of hydrogen-bond acceptors (Lipinski definition) is 3. The molecule has 2 saturated heterocycles. The fourth-order valence-corrected chi connectivity index (χ4v) is 5.84. The van der Waals surface area contributed by atoms with Crippen LogP contribution < -0.4 is 5.32 Å². The van der Waals surface area contributed by atoms with Gasteiger partial charge in [-0.2, -0.15) is 0 Å². The monoisotopic (exact) mass is 374 g/mol. The lowest BCUT2D eigenvalue weighted by Crippen LogP contribution is -2.67. The first-order valence-electron chi connectivity index (χ1n) is 10.9. The minimum atomic E-state index is -0.645. The molecule has 0 aromatic heterocycles. The standard InChI is InChI=1S/C23H35FN2O/c1-15-16(2)20(24)10-9-19(15)17-5-7-18(8-6-17)23-21-13-25-11-3-4-12-26(21)22(23)14-27/h5-8,15-16,19-23,25,27H,3-4,9-14H2,1-2H3/t15?,16?,19?,20?,21-,22+,23-/m0/s1. The summed E-state index contributed by atoms with van der Waals surface area (Å²) in [6.45, 7) is 7.73. The van der Waals surface area contributed by atoms with Gasteiger partial charge in [0.25, 0.3) is 0 Å². The second-order valence-corrected chi connectivity index (χ2v) is 9.08. The van der Waals surface area contributed by atoms with E-state index < -0.39 is 6.17 Å². The van der Waals surface area contributed by atoms with E-state index in [-0.39, 0.29) is 18.6 Å². The van der Waals surface area contributed by atoms with Crippen molar-refractivity contribution in [3.63, 3.8) is 0 Å². The summed E-state index contributed by atoms with van der Waals surface area (Å²) in [5.41, 5.74) is 2.71. The summed E-state index contributed by atoms with van der Waals surface area (Å²) in [7, 11) is 0. The molecule has 2 N–H and O–H groups in total. The Balaban J connectivity index is 1.50. The highest BCUT2D eigenvalue weighted by atomic mass is 19.1. The van der Waals surface area contributed by atoms with Crippen LogP contribution in [0.2, 0.25) is 0 Å². The molecule has 0 spiro atoms. The first-order valence-corrected chi connectivity index (χ1v) is 10.9. The van der Waals surface area contributed by atoms with Gasteiger partial charge in [-0.15, -0.1) is 0 Å². The first kappa shape index (κ1) is 19.4. The molecule has 0 bridgehead atoms. The van der Waals surface area contributed by atoms with Crippen LogP contribution in [0.1, 0.15) is 62.5 Å². The summed E-state index contributed by atoms with van der Waals surface area (Å²) in [5, 5.41) is 13.6. The number of rotatable bonds is 3. The largest absolute Gasteiger partial charge is 0.395 e.